The lowest BCUT2D eigenvalue weighted by atomic mass is 9.87. The Morgan fingerprint density at radius 3 is 1.85 bits per heavy atom. The second-order valence-electron chi connectivity index (χ2n) is 3.58. The van der Waals surface area contributed by atoms with Gasteiger partial charge in [0.2, 0.25) is 0 Å². The van der Waals surface area contributed by atoms with E-state index in [1.54, 1.807) is 0 Å². The fraction of sp³-hybridized carbons (Fsp3) is 0.400. The molecule has 0 spiro atoms. The van der Waals surface area contributed by atoms with Crippen LogP contribution in [0.15, 0.2) is 24.3 Å². The third-order valence-electron chi connectivity index (χ3n) is 2.82. The number of hydrogen-bond donors (Lipinski definition) is 2. The lowest BCUT2D eigenvalue weighted by Gasteiger charge is -2.21. The molecule has 4 atom stereocenters. The van der Waals surface area contributed by atoms with Gasteiger partial charge in [-0.05, 0) is 11.1 Å². The predicted octanol–water partition coefficient (Wildman–Crippen LogP) is 0.534. The monoisotopic (exact) mass is 178 g/mol. The molecule has 1 aromatic carbocycles. The van der Waals surface area contributed by atoms with Crippen LogP contribution in [-0.4, -0.2) is 22.4 Å². The summed E-state index contributed by atoms with van der Waals surface area (Å²) in [6.07, 6.45) is -1.51. The minimum absolute atomic E-state index is 0.190. The first-order valence-electron chi connectivity index (χ1n) is 4.39. The molecule has 1 aromatic rings. The van der Waals surface area contributed by atoms with Gasteiger partial charge < -0.3 is 14.9 Å². The second kappa shape index (κ2) is 2.32. The summed E-state index contributed by atoms with van der Waals surface area (Å²) in [6.45, 7) is 0. The van der Waals surface area contributed by atoms with Crippen molar-refractivity contribution in [2.24, 2.45) is 0 Å². The number of fused-ring (bicyclic) bond motifs is 2. The molecule has 3 nitrogen and oxygen atoms in total. The van der Waals surface area contributed by atoms with Crippen molar-refractivity contribution in [1.29, 1.82) is 0 Å². The first-order chi connectivity index (χ1) is 6.29. The zero-order chi connectivity index (χ0) is 9.00. The Morgan fingerprint density at radius 1 is 0.923 bits per heavy atom. The molecule has 3 rings (SSSR count). The van der Waals surface area contributed by atoms with Crippen LogP contribution in [-0.2, 0) is 4.74 Å². The van der Waals surface area contributed by atoms with E-state index in [0.717, 1.165) is 11.1 Å². The summed E-state index contributed by atoms with van der Waals surface area (Å²) in [5.74, 6) is 0. The molecule has 13 heavy (non-hydrogen) atoms. The summed E-state index contributed by atoms with van der Waals surface area (Å²) in [7, 11) is 0. The number of rotatable bonds is 0. The van der Waals surface area contributed by atoms with Crippen LogP contribution in [0.4, 0.5) is 0 Å². The number of benzene rings is 1. The molecule has 0 unspecified atom stereocenters. The van der Waals surface area contributed by atoms with Crippen molar-refractivity contribution in [1.82, 2.24) is 0 Å². The van der Waals surface area contributed by atoms with Gasteiger partial charge in [-0.2, -0.15) is 0 Å². The van der Waals surface area contributed by atoms with Gasteiger partial charge in [0.05, 0.1) is 0 Å². The molecule has 0 bridgehead atoms. The van der Waals surface area contributed by atoms with Crippen LogP contribution in [0, 0.1) is 0 Å². The molecule has 2 N–H and O–H groups in total. The molecule has 0 amide bonds. The van der Waals surface area contributed by atoms with Crippen molar-refractivity contribution in [2.45, 2.75) is 24.4 Å². The Hall–Kier alpha value is -0.900. The van der Waals surface area contributed by atoms with Gasteiger partial charge in [-0.1, -0.05) is 24.3 Å². The Bertz CT molecular complexity index is 317. The molecule has 1 aliphatic heterocycles. The summed E-state index contributed by atoms with van der Waals surface area (Å²) in [5.41, 5.74) is 1.60. The van der Waals surface area contributed by atoms with Crippen LogP contribution in [0.1, 0.15) is 23.3 Å². The highest BCUT2D eigenvalue weighted by atomic mass is 16.6. The summed E-state index contributed by atoms with van der Waals surface area (Å²) in [5, 5.41) is 19.5. The van der Waals surface area contributed by atoms with Gasteiger partial charge in [0.1, 0.15) is 24.4 Å². The van der Waals surface area contributed by atoms with Crippen LogP contribution in [0.25, 0.3) is 0 Å². The SMILES string of the molecule is O[C@@H]1c2ccccc2[C@H](O)[C@@H]2O[C@@H]21. The third kappa shape index (κ3) is 0.892. The highest BCUT2D eigenvalue weighted by molar-refractivity contribution is 5.37. The van der Waals surface area contributed by atoms with Gasteiger partial charge in [-0.3, -0.25) is 0 Å². The lowest BCUT2D eigenvalue weighted by molar-refractivity contribution is 0.119. The Kier molecular flexibility index (Phi) is 1.34. The summed E-state index contributed by atoms with van der Waals surface area (Å²) >= 11 is 0. The molecule has 0 radical (unpaired) electrons. The molecule has 1 aliphatic carbocycles. The average molecular weight is 178 g/mol. The van der Waals surface area contributed by atoms with Crippen molar-refractivity contribution >= 4 is 0 Å². The molecular weight excluding hydrogens is 168 g/mol. The first-order valence-corrected chi connectivity index (χ1v) is 4.39. The standard InChI is InChI=1S/C10H10O3/c11-7-5-3-1-2-4-6(5)8(12)10-9(7)13-10/h1-4,7-12H/t7-,8+,9-,10+. The van der Waals surface area contributed by atoms with Gasteiger partial charge >= 0.3 is 0 Å². The van der Waals surface area contributed by atoms with Crippen LogP contribution >= 0.6 is 0 Å². The summed E-state index contributed by atoms with van der Waals surface area (Å²) in [4.78, 5) is 0. The minimum atomic E-state index is -0.565. The quantitative estimate of drug-likeness (QED) is 0.570. The van der Waals surface area contributed by atoms with E-state index in [0.29, 0.717) is 0 Å². The predicted molar refractivity (Wildman–Crippen MR) is 45.0 cm³/mol. The maximum Gasteiger partial charge on any atom is 0.117 e. The Balaban J connectivity index is 2.15. The van der Waals surface area contributed by atoms with E-state index in [1.807, 2.05) is 24.3 Å². The van der Waals surface area contributed by atoms with Crippen LogP contribution in [0.5, 0.6) is 0 Å². The largest absolute Gasteiger partial charge is 0.386 e. The van der Waals surface area contributed by atoms with E-state index in [9.17, 15) is 10.2 Å². The number of aliphatic hydroxyl groups is 2. The number of aliphatic hydroxyl groups excluding tert-OH is 2. The minimum Gasteiger partial charge on any atom is -0.386 e. The second-order valence-corrected chi connectivity index (χ2v) is 3.58. The third-order valence-corrected chi connectivity index (χ3v) is 2.82. The first kappa shape index (κ1) is 7.50. The maximum atomic E-state index is 9.75. The van der Waals surface area contributed by atoms with Crippen LogP contribution in [0.3, 0.4) is 0 Å². The fourth-order valence-corrected chi connectivity index (χ4v) is 2.05. The van der Waals surface area contributed by atoms with Gasteiger partial charge in [0.15, 0.2) is 0 Å². The Labute approximate surface area is 75.6 Å². The van der Waals surface area contributed by atoms with Crippen molar-refractivity contribution in [3.63, 3.8) is 0 Å². The van der Waals surface area contributed by atoms with Gasteiger partial charge in [-0.25, -0.2) is 0 Å². The molecule has 0 aromatic heterocycles. The number of epoxide rings is 1. The van der Waals surface area contributed by atoms with Crippen molar-refractivity contribution < 1.29 is 14.9 Å². The lowest BCUT2D eigenvalue weighted by Crippen LogP contribution is -2.22. The topological polar surface area (TPSA) is 53.0 Å². The molecule has 68 valence electrons. The summed E-state index contributed by atoms with van der Waals surface area (Å²) < 4.78 is 5.18. The van der Waals surface area contributed by atoms with Crippen LogP contribution in [0.2, 0.25) is 0 Å². The molecule has 3 heteroatoms. The van der Waals surface area contributed by atoms with Gasteiger partial charge in [0, 0.05) is 0 Å². The zero-order valence-corrected chi connectivity index (χ0v) is 6.92. The van der Waals surface area contributed by atoms with Gasteiger partial charge in [0.25, 0.3) is 0 Å². The molecule has 1 heterocycles. The highest BCUT2D eigenvalue weighted by Crippen LogP contribution is 2.48. The zero-order valence-electron chi connectivity index (χ0n) is 6.92. The Morgan fingerprint density at radius 2 is 1.38 bits per heavy atom. The van der Waals surface area contributed by atoms with E-state index in [-0.39, 0.29) is 12.2 Å². The van der Waals surface area contributed by atoms with E-state index in [4.69, 9.17) is 4.74 Å². The normalized spacial score (nSPS) is 40.8. The maximum absolute atomic E-state index is 9.75. The van der Waals surface area contributed by atoms with E-state index in [1.165, 1.54) is 0 Å². The summed E-state index contributed by atoms with van der Waals surface area (Å²) in [6, 6.07) is 7.39. The van der Waals surface area contributed by atoms with Crippen molar-refractivity contribution in [3.05, 3.63) is 35.4 Å². The van der Waals surface area contributed by atoms with Crippen LogP contribution < -0.4 is 0 Å². The molecule has 1 saturated heterocycles. The van der Waals surface area contributed by atoms with Crippen molar-refractivity contribution in [2.75, 3.05) is 0 Å². The van der Waals surface area contributed by atoms with E-state index in [2.05, 4.69) is 0 Å². The van der Waals surface area contributed by atoms with E-state index < -0.39 is 12.2 Å². The molecule has 0 saturated carbocycles. The molecule has 2 aliphatic rings. The van der Waals surface area contributed by atoms with Crippen molar-refractivity contribution in [3.8, 4) is 0 Å². The highest BCUT2D eigenvalue weighted by Gasteiger charge is 2.54. The number of ether oxygens (including phenoxy) is 1. The number of hydrogen-bond acceptors (Lipinski definition) is 3. The van der Waals surface area contributed by atoms with E-state index >= 15 is 0 Å². The van der Waals surface area contributed by atoms with Gasteiger partial charge in [-0.15, -0.1) is 0 Å². The molecule has 1 fully saturated rings. The average Bonchev–Trinajstić information content (AvgIpc) is 2.94. The molecular formula is C10H10O3. The fourth-order valence-electron chi connectivity index (χ4n) is 2.05. The smallest absolute Gasteiger partial charge is 0.117 e.